The van der Waals surface area contributed by atoms with E-state index in [1.54, 1.807) is 12.1 Å². The third kappa shape index (κ3) is 10.9. The minimum atomic E-state index is -4.37. The van der Waals surface area contributed by atoms with Crippen LogP contribution in [0.2, 0.25) is 0 Å². The van der Waals surface area contributed by atoms with E-state index in [1.165, 1.54) is 6.26 Å². The number of anilines is 1. The fourth-order valence-corrected chi connectivity index (χ4v) is 8.13. The highest BCUT2D eigenvalue weighted by Crippen LogP contribution is 2.38. The average molecular weight is 905 g/mol. The van der Waals surface area contributed by atoms with Gasteiger partial charge >= 0.3 is 0 Å². The number of hydrogen-bond donors (Lipinski definition) is 5. The summed E-state index contributed by atoms with van der Waals surface area (Å²) in [5, 5.41) is 22.4. The first kappa shape index (κ1) is 41.0. The van der Waals surface area contributed by atoms with E-state index in [0.29, 0.717) is 5.76 Å². The molecule has 9 N–H and O–H groups in total. The molecule has 46 heavy (non-hydrogen) atoms. The molecule has 0 atom stereocenters. The Labute approximate surface area is 301 Å². The number of rotatable bonds is 9. The van der Waals surface area contributed by atoms with Crippen LogP contribution in [-0.2, 0) is 46.6 Å². The molecule has 0 spiro atoms. The zero-order valence-electron chi connectivity index (χ0n) is 22.0. The van der Waals surface area contributed by atoms with Crippen molar-refractivity contribution >= 4 is 141 Å². The number of primary sulfonamides is 4. The molecule has 0 aliphatic rings. The summed E-state index contributed by atoms with van der Waals surface area (Å²) in [7, 11) is -17.1. The van der Waals surface area contributed by atoms with Crippen LogP contribution in [0, 0.1) is 0 Å². The fourth-order valence-electron chi connectivity index (χ4n) is 3.30. The van der Waals surface area contributed by atoms with Gasteiger partial charge in [0.2, 0.25) is 40.1 Å². The Bertz CT molecular complexity index is 2170. The Kier molecular flexibility index (Phi) is 13.9. The van der Waals surface area contributed by atoms with Gasteiger partial charge in [-0.15, -0.1) is 0 Å². The lowest BCUT2D eigenvalue weighted by Gasteiger charge is -2.15. The van der Waals surface area contributed by atoms with E-state index in [9.17, 15) is 33.7 Å². The largest absolute Gasteiger partial charge is 0.467 e. The number of nitrogens with one attached hydrogen (secondary N) is 1. The zero-order valence-corrected chi connectivity index (χ0v) is 31.4. The fraction of sp³-hybridized carbons (Fsp3) is 0.0476. The van der Waals surface area contributed by atoms with Crippen molar-refractivity contribution in [2.75, 3.05) is 5.32 Å². The molecule has 1 heterocycles. The van der Waals surface area contributed by atoms with Crippen LogP contribution in [0.15, 0.2) is 80.1 Å². The molecule has 3 rings (SSSR count). The first-order valence-corrected chi connectivity index (χ1v) is 20.3. The second kappa shape index (κ2) is 15.6. The molecule has 254 valence electrons. The van der Waals surface area contributed by atoms with Gasteiger partial charge < -0.3 is 9.73 Å². The quantitative estimate of drug-likeness (QED) is 0.199. The maximum atomic E-state index is 11.9. The van der Waals surface area contributed by atoms with Gasteiger partial charge in [0.15, 0.2) is 0 Å². The molecule has 0 saturated heterocycles. The summed E-state index contributed by atoms with van der Waals surface area (Å²) in [6, 6.07) is 7.04. The second-order valence-electron chi connectivity index (χ2n) is 8.39. The highest BCUT2D eigenvalue weighted by atomic mass is 79.9. The molecule has 0 aliphatic heterocycles. The molecule has 0 fully saturated rings. The van der Waals surface area contributed by atoms with E-state index in [1.807, 2.05) is 0 Å². The highest BCUT2D eigenvalue weighted by molar-refractivity contribution is 9.10. The van der Waals surface area contributed by atoms with E-state index in [2.05, 4.69) is 21.2 Å². The minimum Gasteiger partial charge on any atom is -0.467 e. The molecule has 14 nitrogen and oxygen atoms in total. The van der Waals surface area contributed by atoms with Crippen molar-refractivity contribution in [1.29, 1.82) is 0 Å². The molecule has 25 heteroatoms. The van der Waals surface area contributed by atoms with E-state index in [-0.39, 0.29) is 37.9 Å². The lowest BCUT2D eigenvalue weighted by atomic mass is 10.2. The maximum absolute atomic E-state index is 11.9. The molecule has 0 radical (unpaired) electrons. The number of hydrogen-bond acceptors (Lipinski definition) is 10. The van der Waals surface area contributed by atoms with Gasteiger partial charge in [-0.05, 0) is 52.3 Å². The summed E-state index contributed by atoms with van der Waals surface area (Å²) < 4.78 is 97.6. The van der Waals surface area contributed by atoms with E-state index >= 15 is 0 Å². The van der Waals surface area contributed by atoms with E-state index in [0.717, 1.165) is 24.3 Å². The lowest BCUT2D eigenvalue weighted by molar-refractivity contribution is 0.517. The summed E-state index contributed by atoms with van der Waals surface area (Å²) in [6.07, 6.45) is 1.43. The minimum absolute atomic E-state index is 0.0184. The van der Waals surface area contributed by atoms with Crippen LogP contribution in [0.4, 0.5) is 5.69 Å². The molecule has 1 aromatic heterocycles. The van der Waals surface area contributed by atoms with Crippen LogP contribution in [0.25, 0.3) is 10.1 Å². The van der Waals surface area contributed by atoms with Crippen molar-refractivity contribution in [1.82, 2.24) is 0 Å². The predicted molar refractivity (Wildman–Crippen MR) is 181 cm³/mol. The number of sulfonamides is 4. The van der Waals surface area contributed by atoms with Crippen LogP contribution >= 0.6 is 85.5 Å². The average Bonchev–Trinajstić information content (AvgIpc) is 3.42. The number of halogens is 7. The van der Waals surface area contributed by atoms with Gasteiger partial charge in [-0.2, -0.15) is 0 Å². The maximum Gasteiger partial charge on any atom is 0.240 e. The van der Waals surface area contributed by atoms with Gasteiger partial charge in [0.25, 0.3) is 0 Å². The smallest absolute Gasteiger partial charge is 0.240 e. The van der Waals surface area contributed by atoms with Gasteiger partial charge in [0.05, 0.1) is 43.2 Å². The van der Waals surface area contributed by atoms with Gasteiger partial charge in [-0.25, -0.2) is 54.2 Å². The summed E-state index contributed by atoms with van der Waals surface area (Å²) in [5.41, 5.74) is -0.393. The van der Waals surface area contributed by atoms with Crippen LogP contribution in [0.3, 0.4) is 0 Å². The summed E-state index contributed by atoms with van der Waals surface area (Å²) in [5.74, 6) is 0.486. The molecular weight excluding hydrogens is 887 g/mol. The Morgan fingerprint density at radius 3 is 1.43 bits per heavy atom. The zero-order chi connectivity index (χ0) is 35.6. The molecule has 0 unspecified atom stereocenters. The molecule has 0 saturated carbocycles. The molecule has 0 amide bonds. The van der Waals surface area contributed by atoms with E-state index < -0.39 is 68.7 Å². The van der Waals surface area contributed by atoms with Crippen molar-refractivity contribution < 1.29 is 38.1 Å². The predicted octanol–water partition coefficient (Wildman–Crippen LogP) is 4.62. The normalized spacial score (nSPS) is 12.2. The standard InChI is InChI=1S/C13H12Cl3N3O5S2.C8H6BrCl3N2O4S2/c14-12(13(15)16)8-4-9(19-6-7-2-1-3-24-7)11(26(18,22)23)5-10(8)25(17,20)21;9-4-1-3(7(10)8(11)12)5(19(13,15)16)2-6(4)20(14,17)18/h1-5,19H,6H2,(H2,17,20,21)(H2,18,22,23);1-2H,(H2,13,15,16)(H2,14,17,18). The van der Waals surface area contributed by atoms with E-state index in [4.69, 9.17) is 94.6 Å². The summed E-state index contributed by atoms with van der Waals surface area (Å²) >= 11 is 36.9. The van der Waals surface area contributed by atoms with Gasteiger partial charge in [0.1, 0.15) is 19.6 Å². The van der Waals surface area contributed by atoms with Crippen molar-refractivity contribution in [3.8, 4) is 0 Å². The highest BCUT2D eigenvalue weighted by Gasteiger charge is 2.26. The Morgan fingerprint density at radius 2 is 1.07 bits per heavy atom. The van der Waals surface area contributed by atoms with Gasteiger partial charge in [-0.3, -0.25) is 0 Å². The summed E-state index contributed by atoms with van der Waals surface area (Å²) in [6.45, 7) is 0.0830. The third-order valence-electron chi connectivity index (χ3n) is 5.18. The molecule has 0 bridgehead atoms. The van der Waals surface area contributed by atoms with Gasteiger partial charge in [0, 0.05) is 15.6 Å². The SMILES string of the molecule is NS(=O)(=O)c1cc(S(N)(=O)=O)c(C(Cl)=C(Cl)Cl)cc1Br.NS(=O)(=O)c1cc(S(N)(=O)=O)c(C(Cl)=C(Cl)Cl)cc1NCc1ccco1. The van der Waals surface area contributed by atoms with Crippen molar-refractivity contribution in [2.45, 2.75) is 26.1 Å². The molecule has 0 aliphatic carbocycles. The Balaban J connectivity index is 0.000000332. The number of nitrogens with two attached hydrogens (primary N) is 4. The summed E-state index contributed by atoms with van der Waals surface area (Å²) in [4.78, 5) is -2.16. The number of benzene rings is 2. The van der Waals surface area contributed by atoms with Crippen molar-refractivity contribution in [2.24, 2.45) is 20.6 Å². The first-order chi connectivity index (χ1) is 20.8. The van der Waals surface area contributed by atoms with Crippen molar-refractivity contribution in [3.63, 3.8) is 0 Å². The van der Waals surface area contributed by atoms with Crippen molar-refractivity contribution in [3.05, 3.63) is 73.0 Å². The molecule has 2 aromatic carbocycles. The lowest BCUT2D eigenvalue weighted by Crippen LogP contribution is -2.19. The van der Waals surface area contributed by atoms with Crippen LogP contribution in [-0.4, -0.2) is 33.7 Å². The van der Waals surface area contributed by atoms with Crippen LogP contribution in [0.5, 0.6) is 0 Å². The van der Waals surface area contributed by atoms with Gasteiger partial charge in [-0.1, -0.05) is 69.6 Å². The second-order valence-corrected chi connectivity index (χ2v) is 18.0. The van der Waals surface area contributed by atoms with Crippen LogP contribution < -0.4 is 25.9 Å². The monoisotopic (exact) mass is 901 g/mol. The number of furan rings is 1. The van der Waals surface area contributed by atoms with Crippen LogP contribution in [0.1, 0.15) is 16.9 Å². The molecule has 3 aromatic rings. The third-order valence-corrected chi connectivity index (χ3v) is 11.8. The Hall–Kier alpha value is -1.14. The first-order valence-electron chi connectivity index (χ1n) is 11.1. The topological polar surface area (TPSA) is 266 Å². The Morgan fingerprint density at radius 1 is 0.652 bits per heavy atom. The molecular formula is C21H18BrCl6N5O9S4.